The normalized spacial score (nSPS) is 13.7. The fourth-order valence-corrected chi connectivity index (χ4v) is 3.84. The molecule has 3 rings (SSSR count). The van der Waals surface area contributed by atoms with Gasteiger partial charge in [-0.25, -0.2) is 0 Å². The predicted molar refractivity (Wildman–Crippen MR) is 118 cm³/mol. The van der Waals surface area contributed by atoms with Crippen molar-refractivity contribution in [1.82, 2.24) is 10.2 Å². The number of Topliss-reactive ketones (excluding diaryl/α,β-unsaturated/α-hetero) is 2. The van der Waals surface area contributed by atoms with Gasteiger partial charge in [0.25, 0.3) is 0 Å². The van der Waals surface area contributed by atoms with Gasteiger partial charge in [-0.3, -0.25) is 4.79 Å². The third-order valence-corrected chi connectivity index (χ3v) is 5.49. The summed E-state index contributed by atoms with van der Waals surface area (Å²) in [7, 11) is 0. The van der Waals surface area contributed by atoms with E-state index in [0.29, 0.717) is 25.9 Å². The average Bonchev–Trinajstić information content (AvgIpc) is 3.03. The van der Waals surface area contributed by atoms with Gasteiger partial charge < -0.3 is 15.0 Å². The van der Waals surface area contributed by atoms with Gasteiger partial charge in [-0.2, -0.15) is 0 Å². The minimum atomic E-state index is -0.320. The first-order valence-electron chi connectivity index (χ1n) is 9.93. The molecule has 1 heterocycles. The lowest BCUT2D eigenvalue weighted by molar-refractivity contribution is -0.122. The van der Waals surface area contributed by atoms with E-state index in [1.54, 1.807) is 13.8 Å². The van der Waals surface area contributed by atoms with Gasteiger partial charge in [0.1, 0.15) is 5.78 Å². The molecule has 0 aromatic heterocycles. The van der Waals surface area contributed by atoms with E-state index in [1.165, 1.54) is 5.56 Å². The maximum Gasteiger partial charge on any atom is 0.152 e. The predicted octanol–water partition coefficient (Wildman–Crippen LogP) is 4.56. The lowest BCUT2D eigenvalue weighted by Crippen LogP contribution is -2.36. The fourth-order valence-electron chi connectivity index (χ4n) is 3.84. The molecule has 1 unspecified atom stereocenters. The van der Waals surface area contributed by atoms with E-state index in [-0.39, 0.29) is 17.6 Å². The molecule has 0 spiro atoms. The molecule has 1 N–H and O–H groups in total. The van der Waals surface area contributed by atoms with Crippen molar-refractivity contribution in [3.8, 4) is 0 Å². The van der Waals surface area contributed by atoms with Gasteiger partial charge in [-0.15, -0.1) is 0 Å². The molecule has 4 nitrogen and oxygen atoms in total. The second-order valence-electron chi connectivity index (χ2n) is 7.58. The summed E-state index contributed by atoms with van der Waals surface area (Å²) in [5.41, 5.74) is 6.21. The standard InChI is InChI=1S/C25H28N2O2/c1-17(28)13-14-25(20(4)29)27-16-24-22(11-8-12-23(24)19(27)3)15-26-18(2)21-9-6-5-7-10-21/h5-12,25-26H,2-3,13-16H2,1,4H3. The largest absolute Gasteiger partial charge is 0.381 e. The molecule has 2 aromatic rings. The van der Waals surface area contributed by atoms with Crippen LogP contribution in [0, 0.1) is 0 Å². The molecule has 0 fully saturated rings. The van der Waals surface area contributed by atoms with Crippen LogP contribution in [-0.4, -0.2) is 22.5 Å². The van der Waals surface area contributed by atoms with Crippen molar-refractivity contribution in [2.45, 2.75) is 45.8 Å². The van der Waals surface area contributed by atoms with Crippen LogP contribution in [0.15, 0.2) is 61.7 Å². The van der Waals surface area contributed by atoms with Crippen LogP contribution in [0.1, 0.15) is 48.9 Å². The molecule has 29 heavy (non-hydrogen) atoms. The number of fused-ring (bicyclic) bond motifs is 1. The summed E-state index contributed by atoms with van der Waals surface area (Å²) in [5, 5.41) is 3.41. The van der Waals surface area contributed by atoms with Crippen LogP contribution >= 0.6 is 0 Å². The van der Waals surface area contributed by atoms with Gasteiger partial charge in [0.15, 0.2) is 5.78 Å². The van der Waals surface area contributed by atoms with Gasteiger partial charge in [0, 0.05) is 36.5 Å². The Morgan fingerprint density at radius 1 is 1.10 bits per heavy atom. The van der Waals surface area contributed by atoms with Gasteiger partial charge >= 0.3 is 0 Å². The first-order valence-corrected chi connectivity index (χ1v) is 9.93. The molecule has 4 heteroatoms. The molecule has 0 radical (unpaired) electrons. The Labute approximate surface area is 172 Å². The van der Waals surface area contributed by atoms with Crippen LogP contribution in [0.3, 0.4) is 0 Å². The highest BCUT2D eigenvalue weighted by Gasteiger charge is 2.32. The van der Waals surface area contributed by atoms with E-state index < -0.39 is 0 Å². The quantitative estimate of drug-likeness (QED) is 0.684. The van der Waals surface area contributed by atoms with Crippen LogP contribution in [-0.2, 0) is 22.7 Å². The van der Waals surface area contributed by atoms with E-state index in [0.717, 1.165) is 28.1 Å². The van der Waals surface area contributed by atoms with Crippen molar-refractivity contribution in [1.29, 1.82) is 0 Å². The Bertz CT molecular complexity index is 947. The Hall–Kier alpha value is -3.14. The summed E-state index contributed by atoms with van der Waals surface area (Å²) in [5.74, 6) is 0.167. The van der Waals surface area contributed by atoms with Crippen LogP contribution in [0.5, 0.6) is 0 Å². The minimum Gasteiger partial charge on any atom is -0.381 e. The first kappa shape index (κ1) is 20.6. The summed E-state index contributed by atoms with van der Waals surface area (Å²) in [4.78, 5) is 25.8. The van der Waals surface area contributed by atoms with E-state index >= 15 is 0 Å². The van der Waals surface area contributed by atoms with Crippen LogP contribution in [0.25, 0.3) is 11.4 Å². The zero-order valence-electron chi connectivity index (χ0n) is 17.2. The lowest BCUT2D eigenvalue weighted by atomic mass is 10.0. The van der Waals surface area contributed by atoms with Gasteiger partial charge in [0.2, 0.25) is 0 Å². The molecule has 0 bridgehead atoms. The molecule has 1 aliphatic rings. The number of rotatable bonds is 9. The molecule has 0 amide bonds. The number of carbonyl (C=O) groups excluding carboxylic acids is 2. The van der Waals surface area contributed by atoms with Crippen molar-refractivity contribution < 1.29 is 9.59 Å². The number of carbonyl (C=O) groups is 2. The zero-order valence-corrected chi connectivity index (χ0v) is 17.2. The summed E-state index contributed by atoms with van der Waals surface area (Å²) in [6.45, 7) is 12.8. The number of ketones is 2. The van der Waals surface area contributed by atoms with E-state index in [9.17, 15) is 9.59 Å². The third-order valence-electron chi connectivity index (χ3n) is 5.49. The molecular weight excluding hydrogens is 360 g/mol. The van der Waals surface area contributed by atoms with Crippen molar-refractivity contribution in [3.05, 3.63) is 83.9 Å². The van der Waals surface area contributed by atoms with E-state index in [1.807, 2.05) is 41.3 Å². The van der Waals surface area contributed by atoms with Crippen LogP contribution < -0.4 is 5.32 Å². The third kappa shape index (κ3) is 4.65. The van der Waals surface area contributed by atoms with Crippen LogP contribution in [0.4, 0.5) is 0 Å². The Balaban J connectivity index is 1.76. The SMILES string of the molecule is C=C(NCc1cccc2c1CN(C(CCC(C)=O)C(C)=O)C2=C)c1ccccc1. The van der Waals surface area contributed by atoms with Gasteiger partial charge in [-0.1, -0.05) is 61.7 Å². The molecule has 0 aliphatic carbocycles. The van der Waals surface area contributed by atoms with Gasteiger partial charge in [-0.05, 0) is 37.0 Å². The van der Waals surface area contributed by atoms with E-state index in [2.05, 4.69) is 30.6 Å². The number of nitrogens with zero attached hydrogens (tertiary/aromatic N) is 1. The topological polar surface area (TPSA) is 49.4 Å². The maximum atomic E-state index is 12.3. The Kier molecular flexibility index (Phi) is 6.32. The molecule has 1 aliphatic heterocycles. The summed E-state index contributed by atoms with van der Waals surface area (Å²) in [6, 6.07) is 15.9. The Morgan fingerprint density at radius 2 is 1.83 bits per heavy atom. The fraction of sp³-hybridized carbons (Fsp3) is 0.280. The average molecular weight is 389 g/mol. The molecule has 0 saturated heterocycles. The molecule has 0 saturated carbocycles. The first-order chi connectivity index (χ1) is 13.9. The summed E-state index contributed by atoms with van der Waals surface area (Å²) < 4.78 is 0. The van der Waals surface area contributed by atoms with Crippen molar-refractivity contribution >= 4 is 23.0 Å². The number of nitrogens with one attached hydrogen (secondary N) is 1. The zero-order chi connectivity index (χ0) is 21.0. The smallest absolute Gasteiger partial charge is 0.152 e. The summed E-state index contributed by atoms with van der Waals surface area (Å²) in [6.07, 6.45) is 0.922. The minimum absolute atomic E-state index is 0.0670. The summed E-state index contributed by atoms with van der Waals surface area (Å²) >= 11 is 0. The number of benzene rings is 2. The molecule has 1 atom stereocenters. The monoisotopic (exact) mass is 388 g/mol. The Morgan fingerprint density at radius 3 is 2.48 bits per heavy atom. The van der Waals surface area contributed by atoms with Crippen molar-refractivity contribution in [2.75, 3.05) is 0 Å². The molecule has 2 aromatic carbocycles. The second kappa shape index (κ2) is 8.91. The number of hydrogen-bond acceptors (Lipinski definition) is 4. The highest BCUT2D eigenvalue weighted by atomic mass is 16.1. The number of hydrogen-bond donors (Lipinski definition) is 1. The van der Waals surface area contributed by atoms with Crippen molar-refractivity contribution in [3.63, 3.8) is 0 Å². The molecule has 150 valence electrons. The van der Waals surface area contributed by atoms with E-state index in [4.69, 9.17) is 0 Å². The molecular formula is C25H28N2O2. The van der Waals surface area contributed by atoms with Gasteiger partial charge in [0.05, 0.1) is 6.04 Å². The van der Waals surface area contributed by atoms with Crippen LogP contribution in [0.2, 0.25) is 0 Å². The van der Waals surface area contributed by atoms with Crippen molar-refractivity contribution in [2.24, 2.45) is 0 Å². The highest BCUT2D eigenvalue weighted by Crippen LogP contribution is 2.36. The maximum absolute atomic E-state index is 12.3. The highest BCUT2D eigenvalue weighted by molar-refractivity contribution is 5.85. The second-order valence-corrected chi connectivity index (χ2v) is 7.58. The lowest BCUT2D eigenvalue weighted by Gasteiger charge is -2.28.